The minimum atomic E-state index is 0. The van der Waals surface area contributed by atoms with E-state index < -0.39 is 0 Å². The van der Waals surface area contributed by atoms with Gasteiger partial charge in [-0.3, -0.25) is 4.99 Å². The Bertz CT molecular complexity index is 622. The molecular weight excluding hydrogens is 449 g/mol. The molecule has 3 fully saturated rings. The Morgan fingerprint density at radius 3 is 2.59 bits per heavy atom. The van der Waals surface area contributed by atoms with Crippen molar-refractivity contribution in [2.24, 2.45) is 10.4 Å². The van der Waals surface area contributed by atoms with Gasteiger partial charge in [0.1, 0.15) is 0 Å². The SMILES string of the molecule is CCNC(=NCC1(c2ccccc2)CCCC1)N1CCC2(CCOC2)C1.I. The molecule has 1 spiro atoms. The second-order valence-electron chi connectivity index (χ2n) is 8.50. The zero-order chi connectivity index (χ0) is 17.9. The summed E-state index contributed by atoms with van der Waals surface area (Å²) in [6, 6.07) is 11.1. The van der Waals surface area contributed by atoms with E-state index in [0.29, 0.717) is 5.41 Å². The maximum Gasteiger partial charge on any atom is 0.193 e. The van der Waals surface area contributed by atoms with Gasteiger partial charge >= 0.3 is 0 Å². The van der Waals surface area contributed by atoms with Crippen LogP contribution in [0.25, 0.3) is 0 Å². The van der Waals surface area contributed by atoms with Crippen LogP contribution >= 0.6 is 24.0 Å². The summed E-state index contributed by atoms with van der Waals surface area (Å²) in [5, 5.41) is 3.56. The Morgan fingerprint density at radius 2 is 1.93 bits per heavy atom. The van der Waals surface area contributed by atoms with Crippen LogP contribution in [0.1, 0.15) is 51.0 Å². The van der Waals surface area contributed by atoms with E-state index in [4.69, 9.17) is 9.73 Å². The highest BCUT2D eigenvalue weighted by Crippen LogP contribution is 2.42. The molecule has 2 heterocycles. The Morgan fingerprint density at radius 1 is 1.15 bits per heavy atom. The second-order valence-corrected chi connectivity index (χ2v) is 8.50. The minimum absolute atomic E-state index is 0. The van der Waals surface area contributed by atoms with Crippen LogP contribution in [0.4, 0.5) is 0 Å². The molecule has 5 heteroatoms. The summed E-state index contributed by atoms with van der Waals surface area (Å²) >= 11 is 0. The van der Waals surface area contributed by atoms with Crippen LogP contribution in [-0.2, 0) is 10.2 Å². The van der Waals surface area contributed by atoms with Gasteiger partial charge in [0.05, 0.1) is 13.2 Å². The number of nitrogens with one attached hydrogen (secondary N) is 1. The van der Waals surface area contributed by atoms with Crippen LogP contribution in [0.15, 0.2) is 35.3 Å². The fraction of sp³-hybridized carbons (Fsp3) is 0.682. The monoisotopic (exact) mass is 483 g/mol. The first-order chi connectivity index (χ1) is 12.8. The van der Waals surface area contributed by atoms with Crippen molar-refractivity contribution in [3.8, 4) is 0 Å². The molecule has 0 radical (unpaired) electrons. The topological polar surface area (TPSA) is 36.9 Å². The molecule has 0 amide bonds. The number of likely N-dealkylation sites (tertiary alicyclic amines) is 1. The Hall–Kier alpha value is -0.820. The lowest BCUT2D eigenvalue weighted by Gasteiger charge is -2.30. The third-order valence-corrected chi connectivity index (χ3v) is 6.74. The lowest BCUT2D eigenvalue weighted by atomic mass is 9.79. The van der Waals surface area contributed by atoms with Crippen molar-refractivity contribution in [1.29, 1.82) is 0 Å². The number of benzene rings is 1. The molecule has 4 nitrogen and oxygen atoms in total. The second kappa shape index (κ2) is 9.12. The number of guanidine groups is 1. The van der Waals surface area contributed by atoms with E-state index in [-0.39, 0.29) is 29.4 Å². The fourth-order valence-electron chi connectivity index (χ4n) is 5.12. The van der Waals surface area contributed by atoms with Crippen molar-refractivity contribution in [3.63, 3.8) is 0 Å². The van der Waals surface area contributed by atoms with Crippen molar-refractivity contribution in [2.75, 3.05) is 39.4 Å². The van der Waals surface area contributed by atoms with Crippen molar-refractivity contribution in [3.05, 3.63) is 35.9 Å². The van der Waals surface area contributed by atoms with E-state index >= 15 is 0 Å². The fourth-order valence-corrected chi connectivity index (χ4v) is 5.12. The van der Waals surface area contributed by atoms with Gasteiger partial charge in [-0.05, 0) is 38.2 Å². The molecule has 4 rings (SSSR count). The van der Waals surface area contributed by atoms with Crippen LogP contribution in [0.5, 0.6) is 0 Å². The standard InChI is InChI=1S/C22H33N3O.HI/c1-2-23-20(25-14-12-21(17-25)13-15-26-18-21)24-16-22(10-6-7-11-22)19-8-4-3-5-9-19;/h3-5,8-9H,2,6-7,10-18H2,1H3,(H,23,24);1H. The molecule has 3 aliphatic rings. The summed E-state index contributed by atoms with van der Waals surface area (Å²) in [6.07, 6.45) is 7.61. The highest BCUT2D eigenvalue weighted by Gasteiger charge is 2.42. The van der Waals surface area contributed by atoms with Crippen LogP contribution in [-0.4, -0.2) is 50.3 Å². The molecule has 1 aliphatic carbocycles. The quantitative estimate of drug-likeness (QED) is 0.397. The lowest BCUT2D eigenvalue weighted by molar-refractivity contribution is 0.156. The van der Waals surface area contributed by atoms with Crippen LogP contribution in [0.2, 0.25) is 0 Å². The molecular formula is C22H34IN3O. The molecule has 150 valence electrons. The third kappa shape index (κ3) is 4.44. The number of hydrogen-bond acceptors (Lipinski definition) is 2. The van der Waals surface area contributed by atoms with Gasteiger partial charge in [-0.2, -0.15) is 0 Å². The van der Waals surface area contributed by atoms with Gasteiger partial charge in [0.15, 0.2) is 5.96 Å². The predicted octanol–water partition coefficient (Wildman–Crippen LogP) is 4.19. The number of aliphatic imine (C=N–C) groups is 1. The van der Waals surface area contributed by atoms with E-state index in [1.165, 1.54) is 44.1 Å². The van der Waals surface area contributed by atoms with Gasteiger partial charge < -0.3 is 15.0 Å². The summed E-state index contributed by atoms with van der Waals surface area (Å²) in [4.78, 5) is 7.65. The molecule has 1 aromatic carbocycles. The van der Waals surface area contributed by atoms with Crippen molar-refractivity contribution >= 4 is 29.9 Å². The Balaban J connectivity index is 0.00000210. The molecule has 27 heavy (non-hydrogen) atoms. The van der Waals surface area contributed by atoms with Gasteiger partial charge in [-0.1, -0.05) is 43.2 Å². The molecule has 1 atom stereocenters. The maximum absolute atomic E-state index is 5.70. The molecule has 2 aliphatic heterocycles. The first-order valence-electron chi connectivity index (χ1n) is 10.4. The number of nitrogens with zero attached hydrogens (tertiary/aromatic N) is 2. The lowest BCUT2D eigenvalue weighted by Crippen LogP contribution is -2.42. The third-order valence-electron chi connectivity index (χ3n) is 6.74. The minimum Gasteiger partial charge on any atom is -0.381 e. The average molecular weight is 483 g/mol. The highest BCUT2D eigenvalue weighted by atomic mass is 127. The molecule has 1 saturated carbocycles. The summed E-state index contributed by atoms with van der Waals surface area (Å²) < 4.78 is 5.70. The summed E-state index contributed by atoms with van der Waals surface area (Å²) in [5.74, 6) is 1.11. The smallest absolute Gasteiger partial charge is 0.193 e. The molecule has 1 aromatic rings. The van der Waals surface area contributed by atoms with Gasteiger partial charge in [0.25, 0.3) is 0 Å². The van der Waals surface area contributed by atoms with Gasteiger partial charge in [0, 0.05) is 37.1 Å². The van der Waals surface area contributed by atoms with Crippen LogP contribution < -0.4 is 5.32 Å². The molecule has 1 N–H and O–H groups in total. The number of halogens is 1. The zero-order valence-corrected chi connectivity index (χ0v) is 18.9. The van der Waals surface area contributed by atoms with Gasteiger partial charge in [-0.25, -0.2) is 0 Å². The summed E-state index contributed by atoms with van der Waals surface area (Å²) in [7, 11) is 0. The predicted molar refractivity (Wildman–Crippen MR) is 122 cm³/mol. The normalized spacial score (nSPS) is 27.1. The van der Waals surface area contributed by atoms with E-state index in [1.807, 2.05) is 0 Å². The number of ether oxygens (including phenoxy) is 1. The summed E-state index contributed by atoms with van der Waals surface area (Å²) in [6.45, 7) is 8.05. The molecule has 0 bridgehead atoms. The van der Waals surface area contributed by atoms with E-state index in [0.717, 1.165) is 45.4 Å². The van der Waals surface area contributed by atoms with Crippen molar-refractivity contribution in [1.82, 2.24) is 10.2 Å². The Kier molecular flexibility index (Phi) is 7.06. The van der Waals surface area contributed by atoms with E-state index in [1.54, 1.807) is 0 Å². The van der Waals surface area contributed by atoms with Crippen molar-refractivity contribution < 1.29 is 4.74 Å². The highest BCUT2D eigenvalue weighted by molar-refractivity contribution is 14.0. The first kappa shape index (κ1) is 20.9. The van der Waals surface area contributed by atoms with Crippen molar-refractivity contribution in [2.45, 2.75) is 50.9 Å². The summed E-state index contributed by atoms with van der Waals surface area (Å²) in [5.41, 5.74) is 2.08. The molecule has 0 aromatic heterocycles. The molecule has 2 saturated heterocycles. The van der Waals surface area contributed by atoms with Gasteiger partial charge in [-0.15, -0.1) is 24.0 Å². The van der Waals surface area contributed by atoms with Gasteiger partial charge in [0.2, 0.25) is 0 Å². The molecule has 1 unspecified atom stereocenters. The van der Waals surface area contributed by atoms with Crippen LogP contribution in [0, 0.1) is 5.41 Å². The van der Waals surface area contributed by atoms with Crippen LogP contribution in [0.3, 0.4) is 0 Å². The largest absolute Gasteiger partial charge is 0.381 e. The van der Waals surface area contributed by atoms with E-state index in [2.05, 4.69) is 47.5 Å². The van der Waals surface area contributed by atoms with E-state index in [9.17, 15) is 0 Å². The maximum atomic E-state index is 5.70. The first-order valence-corrected chi connectivity index (χ1v) is 10.4. The zero-order valence-electron chi connectivity index (χ0n) is 16.6. The average Bonchev–Trinajstić information content (AvgIpc) is 3.43. The number of rotatable bonds is 4. The Labute approximate surface area is 181 Å². The number of hydrogen-bond donors (Lipinski definition) is 1.